The van der Waals surface area contributed by atoms with Crippen LogP contribution in [0.2, 0.25) is 0 Å². The first-order chi connectivity index (χ1) is 9.54. The minimum absolute atomic E-state index is 0.250. The second-order valence-electron chi connectivity index (χ2n) is 4.61. The maximum Gasteiger partial charge on any atom is 0.318 e. The molecule has 0 aromatic heterocycles. The van der Waals surface area contributed by atoms with Gasteiger partial charge >= 0.3 is 6.03 Å². The Morgan fingerprint density at radius 1 is 1.40 bits per heavy atom. The first-order valence-electron chi connectivity index (χ1n) is 6.28. The van der Waals surface area contributed by atoms with E-state index in [0.717, 1.165) is 16.6 Å². The molecule has 7 heteroatoms. The fourth-order valence-electron chi connectivity index (χ4n) is 1.64. The van der Waals surface area contributed by atoms with E-state index in [-0.39, 0.29) is 6.61 Å². The van der Waals surface area contributed by atoms with Crippen LogP contribution in [0.1, 0.15) is 18.4 Å². The van der Waals surface area contributed by atoms with Gasteiger partial charge < -0.3 is 15.8 Å². The Morgan fingerprint density at radius 3 is 2.80 bits per heavy atom. The van der Waals surface area contributed by atoms with Gasteiger partial charge in [0, 0.05) is 17.1 Å². The van der Waals surface area contributed by atoms with Gasteiger partial charge in [0.25, 0.3) is 5.91 Å². The maximum absolute atomic E-state index is 11.2. The van der Waals surface area contributed by atoms with E-state index in [2.05, 4.69) is 21.2 Å². The molecule has 20 heavy (non-hydrogen) atoms. The Kier molecular flexibility index (Phi) is 4.97. The number of ether oxygens (including phenoxy) is 1. The van der Waals surface area contributed by atoms with Gasteiger partial charge in [0.05, 0.1) is 0 Å². The summed E-state index contributed by atoms with van der Waals surface area (Å²) in [6.07, 6.45) is 2.45. The van der Waals surface area contributed by atoms with Gasteiger partial charge in [-0.2, -0.15) is 0 Å². The number of halogens is 1. The Hall–Kier alpha value is -1.60. The van der Waals surface area contributed by atoms with E-state index in [1.54, 1.807) is 6.07 Å². The highest BCUT2D eigenvalue weighted by molar-refractivity contribution is 9.10. The average molecular weight is 342 g/mol. The highest BCUT2D eigenvalue weighted by atomic mass is 79.9. The predicted octanol–water partition coefficient (Wildman–Crippen LogP) is 1.27. The molecule has 1 aliphatic rings. The lowest BCUT2D eigenvalue weighted by atomic mass is 10.2. The van der Waals surface area contributed by atoms with Crippen LogP contribution in [-0.2, 0) is 11.3 Å². The largest absolute Gasteiger partial charge is 0.484 e. The fraction of sp³-hybridized carbons (Fsp3) is 0.385. The minimum atomic E-state index is -0.885. The SMILES string of the molecule is NC(=O)NC(=O)COc1ccc(Br)c(CNC2CC2)c1. The predicted molar refractivity (Wildman–Crippen MR) is 77.2 cm³/mol. The molecular formula is C13H16BrN3O3. The van der Waals surface area contributed by atoms with E-state index in [9.17, 15) is 9.59 Å². The minimum Gasteiger partial charge on any atom is -0.484 e. The number of hydrogen-bond donors (Lipinski definition) is 3. The summed E-state index contributed by atoms with van der Waals surface area (Å²) in [6, 6.07) is 5.21. The molecule has 0 bridgehead atoms. The lowest BCUT2D eigenvalue weighted by molar-refractivity contribution is -0.121. The maximum atomic E-state index is 11.2. The Bertz CT molecular complexity index is 518. The number of hydrogen-bond acceptors (Lipinski definition) is 4. The Morgan fingerprint density at radius 2 is 2.15 bits per heavy atom. The zero-order chi connectivity index (χ0) is 14.5. The van der Waals surface area contributed by atoms with Crippen LogP contribution in [0.15, 0.2) is 22.7 Å². The molecule has 6 nitrogen and oxygen atoms in total. The molecule has 1 aliphatic carbocycles. The third kappa shape index (κ3) is 4.82. The number of rotatable bonds is 6. The molecule has 1 aromatic rings. The molecule has 3 amide bonds. The van der Waals surface area contributed by atoms with Gasteiger partial charge in [-0.05, 0) is 36.6 Å². The number of benzene rings is 1. The van der Waals surface area contributed by atoms with Crippen molar-refractivity contribution in [2.24, 2.45) is 5.73 Å². The van der Waals surface area contributed by atoms with Crippen molar-refractivity contribution in [3.05, 3.63) is 28.2 Å². The molecule has 0 saturated heterocycles. The van der Waals surface area contributed by atoms with Crippen LogP contribution in [0.3, 0.4) is 0 Å². The average Bonchev–Trinajstić information content (AvgIpc) is 3.19. The molecule has 0 atom stereocenters. The summed E-state index contributed by atoms with van der Waals surface area (Å²) in [5.74, 6) is -0.00140. The van der Waals surface area contributed by atoms with Crippen LogP contribution in [-0.4, -0.2) is 24.6 Å². The summed E-state index contributed by atoms with van der Waals surface area (Å²) in [7, 11) is 0. The summed E-state index contributed by atoms with van der Waals surface area (Å²) in [5.41, 5.74) is 5.90. The molecule has 2 rings (SSSR count). The van der Waals surface area contributed by atoms with E-state index in [0.29, 0.717) is 11.8 Å². The summed E-state index contributed by atoms with van der Waals surface area (Å²) in [5, 5.41) is 5.35. The first-order valence-corrected chi connectivity index (χ1v) is 7.08. The van der Waals surface area contributed by atoms with Crippen LogP contribution >= 0.6 is 15.9 Å². The van der Waals surface area contributed by atoms with Crippen LogP contribution in [0, 0.1) is 0 Å². The number of nitrogens with one attached hydrogen (secondary N) is 2. The van der Waals surface area contributed by atoms with Gasteiger partial charge in [-0.3, -0.25) is 10.1 Å². The first kappa shape index (κ1) is 14.8. The van der Waals surface area contributed by atoms with E-state index >= 15 is 0 Å². The topological polar surface area (TPSA) is 93.5 Å². The number of nitrogens with two attached hydrogens (primary N) is 1. The molecule has 0 heterocycles. The van der Waals surface area contributed by atoms with Crippen molar-refractivity contribution < 1.29 is 14.3 Å². The number of carbonyl (C=O) groups is 2. The highest BCUT2D eigenvalue weighted by Crippen LogP contribution is 2.25. The number of amides is 3. The normalized spacial score (nSPS) is 13.8. The molecule has 1 aromatic carbocycles. The zero-order valence-corrected chi connectivity index (χ0v) is 12.4. The second kappa shape index (κ2) is 6.71. The molecule has 1 fully saturated rings. The van der Waals surface area contributed by atoms with Gasteiger partial charge in [0.2, 0.25) is 0 Å². The molecular weight excluding hydrogens is 326 g/mol. The van der Waals surface area contributed by atoms with Gasteiger partial charge in [0.1, 0.15) is 5.75 Å². The van der Waals surface area contributed by atoms with Crippen molar-refractivity contribution in [1.82, 2.24) is 10.6 Å². The van der Waals surface area contributed by atoms with Gasteiger partial charge in [-0.25, -0.2) is 4.79 Å². The van der Waals surface area contributed by atoms with Crippen molar-refractivity contribution in [3.8, 4) is 5.75 Å². The molecule has 108 valence electrons. The number of primary amides is 1. The van der Waals surface area contributed by atoms with E-state index in [4.69, 9.17) is 10.5 Å². The lowest BCUT2D eigenvalue weighted by Crippen LogP contribution is -2.38. The summed E-state index contributed by atoms with van der Waals surface area (Å²) in [6.45, 7) is 0.496. The highest BCUT2D eigenvalue weighted by Gasteiger charge is 2.20. The zero-order valence-electron chi connectivity index (χ0n) is 10.8. The summed E-state index contributed by atoms with van der Waals surface area (Å²) >= 11 is 3.48. The van der Waals surface area contributed by atoms with E-state index in [1.165, 1.54) is 12.8 Å². The molecule has 4 N–H and O–H groups in total. The number of carbonyl (C=O) groups excluding carboxylic acids is 2. The summed E-state index contributed by atoms with van der Waals surface area (Å²) in [4.78, 5) is 21.7. The third-order valence-electron chi connectivity index (χ3n) is 2.81. The van der Waals surface area contributed by atoms with E-state index in [1.807, 2.05) is 17.4 Å². The summed E-state index contributed by atoms with van der Waals surface area (Å²) < 4.78 is 6.30. The Labute approximate surface area is 125 Å². The van der Waals surface area contributed by atoms with Gasteiger partial charge in [0.15, 0.2) is 6.61 Å². The van der Waals surface area contributed by atoms with Crippen molar-refractivity contribution >= 4 is 27.9 Å². The van der Waals surface area contributed by atoms with Crippen molar-refractivity contribution in [1.29, 1.82) is 0 Å². The van der Waals surface area contributed by atoms with Crippen molar-refractivity contribution in [3.63, 3.8) is 0 Å². The Balaban J connectivity index is 1.88. The van der Waals surface area contributed by atoms with Crippen molar-refractivity contribution in [2.75, 3.05) is 6.61 Å². The smallest absolute Gasteiger partial charge is 0.318 e. The molecule has 0 spiro atoms. The van der Waals surface area contributed by atoms with Gasteiger partial charge in [-0.15, -0.1) is 0 Å². The van der Waals surface area contributed by atoms with Crippen LogP contribution in [0.5, 0.6) is 5.75 Å². The van der Waals surface area contributed by atoms with Gasteiger partial charge in [-0.1, -0.05) is 15.9 Å². The number of urea groups is 1. The van der Waals surface area contributed by atoms with Crippen molar-refractivity contribution in [2.45, 2.75) is 25.4 Å². The monoisotopic (exact) mass is 341 g/mol. The van der Waals surface area contributed by atoms with Crippen LogP contribution in [0.25, 0.3) is 0 Å². The molecule has 0 unspecified atom stereocenters. The second-order valence-corrected chi connectivity index (χ2v) is 5.46. The number of imide groups is 1. The lowest BCUT2D eigenvalue weighted by Gasteiger charge is -2.10. The third-order valence-corrected chi connectivity index (χ3v) is 3.58. The molecule has 0 aliphatic heterocycles. The van der Waals surface area contributed by atoms with Crippen LogP contribution in [0.4, 0.5) is 4.79 Å². The van der Waals surface area contributed by atoms with E-state index < -0.39 is 11.9 Å². The molecule has 1 saturated carbocycles. The fourth-order valence-corrected chi connectivity index (χ4v) is 2.03. The molecule has 0 radical (unpaired) electrons. The van der Waals surface area contributed by atoms with Crippen LogP contribution < -0.4 is 21.1 Å². The standard InChI is InChI=1S/C13H16BrN3O3/c14-11-4-3-10(20-7-12(18)17-13(15)19)5-8(11)6-16-9-1-2-9/h3-5,9,16H,1-2,6-7H2,(H3,15,17,18,19). The quantitative estimate of drug-likeness (QED) is 0.726.